The fourth-order valence-corrected chi connectivity index (χ4v) is 8.36. The van der Waals surface area contributed by atoms with Crippen LogP contribution in [0.2, 0.25) is 5.02 Å². The smallest absolute Gasteiger partial charge is 0.368 e. The maximum Gasteiger partial charge on any atom is 0.416 e. The molecule has 0 radical (unpaired) electrons. The van der Waals surface area contributed by atoms with Crippen LogP contribution < -0.4 is 21.1 Å². The molecule has 0 aliphatic carbocycles. The number of thiazole rings is 1. The van der Waals surface area contributed by atoms with Crippen molar-refractivity contribution in [1.82, 2.24) is 33.8 Å². The zero-order chi connectivity index (χ0) is 35.2. The monoisotopic (exact) mass is 741 g/mol. The van der Waals surface area contributed by atoms with Gasteiger partial charge in [-0.3, -0.25) is 14.3 Å². The van der Waals surface area contributed by atoms with Gasteiger partial charge in [-0.2, -0.15) is 26.6 Å². The molecule has 0 atom stereocenters. The van der Waals surface area contributed by atoms with Crippen molar-refractivity contribution in [2.75, 3.05) is 36.4 Å². The zero-order valence-corrected chi connectivity index (χ0v) is 28.5. The first-order valence-electron chi connectivity index (χ1n) is 15.2. The van der Waals surface area contributed by atoms with Gasteiger partial charge < -0.3 is 15.5 Å². The van der Waals surface area contributed by atoms with E-state index in [1.54, 1.807) is 6.07 Å². The Labute approximate surface area is 292 Å². The van der Waals surface area contributed by atoms with E-state index in [2.05, 4.69) is 35.5 Å². The van der Waals surface area contributed by atoms with E-state index in [4.69, 9.17) is 11.6 Å². The van der Waals surface area contributed by atoms with Crippen molar-refractivity contribution in [2.24, 2.45) is 0 Å². The number of piperazine rings is 1. The molecule has 0 amide bonds. The third kappa shape index (κ3) is 6.32. The van der Waals surface area contributed by atoms with Gasteiger partial charge in [-0.25, -0.2) is 13.9 Å². The normalized spacial score (nSPS) is 14.0. The minimum absolute atomic E-state index is 0.0302. The summed E-state index contributed by atoms with van der Waals surface area (Å²) in [6, 6.07) is 11.8. The van der Waals surface area contributed by atoms with Crippen LogP contribution >= 0.6 is 22.9 Å². The largest absolute Gasteiger partial charge is 0.416 e. The van der Waals surface area contributed by atoms with Crippen molar-refractivity contribution in [3.8, 4) is 11.3 Å². The van der Waals surface area contributed by atoms with Crippen molar-refractivity contribution in [1.29, 1.82) is 0 Å². The lowest BCUT2D eigenvalue weighted by molar-refractivity contribution is -0.138. The first-order valence-corrected chi connectivity index (χ1v) is 17.9. The number of pyridine rings is 1. The van der Waals surface area contributed by atoms with Crippen molar-refractivity contribution in [3.63, 3.8) is 0 Å². The Balaban J connectivity index is 1.33. The van der Waals surface area contributed by atoms with Gasteiger partial charge in [0.2, 0.25) is 5.95 Å². The molecule has 0 unspecified atom stereocenters. The highest BCUT2D eigenvalue weighted by Crippen LogP contribution is 2.34. The minimum atomic E-state index is -4.69. The molecule has 258 valence electrons. The third-order valence-corrected chi connectivity index (χ3v) is 11.6. The van der Waals surface area contributed by atoms with E-state index in [9.17, 15) is 26.4 Å². The molecule has 1 aliphatic rings. The molecule has 1 fully saturated rings. The summed E-state index contributed by atoms with van der Waals surface area (Å²) in [7, 11) is -4.07. The first-order chi connectivity index (χ1) is 23.9. The average Bonchev–Trinajstić information content (AvgIpc) is 3.78. The van der Waals surface area contributed by atoms with E-state index in [1.165, 1.54) is 49.1 Å². The van der Waals surface area contributed by atoms with E-state index in [-0.39, 0.29) is 38.3 Å². The molecule has 1 saturated heterocycles. The summed E-state index contributed by atoms with van der Waals surface area (Å²) in [5.74, 6) is 0.0737. The maximum atomic E-state index is 14.3. The predicted molar refractivity (Wildman–Crippen MR) is 185 cm³/mol. The van der Waals surface area contributed by atoms with Crippen molar-refractivity contribution < 1.29 is 21.6 Å². The molecule has 2 aromatic carbocycles. The SMILES string of the molecule is Cc1c(-c2cc3cnc(Nc4ccc(N5CCNCC5)c(Cl)c4)nc3n(Cc3ccccc3C(F)(F)F)c2=O)ncn1S(=O)(=O)c1cncs1. The number of nitrogens with one attached hydrogen (secondary N) is 2. The lowest BCUT2D eigenvalue weighted by Gasteiger charge is -2.30. The van der Waals surface area contributed by atoms with Crippen molar-refractivity contribution >= 4 is 61.3 Å². The molecule has 50 heavy (non-hydrogen) atoms. The lowest BCUT2D eigenvalue weighted by atomic mass is 10.1. The van der Waals surface area contributed by atoms with Crippen LogP contribution in [0.1, 0.15) is 16.8 Å². The molecule has 0 bridgehead atoms. The number of nitrogens with zero attached hydrogens (tertiary/aromatic N) is 7. The second-order valence-electron chi connectivity index (χ2n) is 11.4. The second kappa shape index (κ2) is 13.1. The van der Waals surface area contributed by atoms with Crippen LogP contribution in [0.25, 0.3) is 22.3 Å². The van der Waals surface area contributed by atoms with Gasteiger partial charge in [0.25, 0.3) is 15.6 Å². The summed E-state index contributed by atoms with van der Waals surface area (Å²) in [4.78, 5) is 33.5. The van der Waals surface area contributed by atoms with E-state index in [1.807, 2.05) is 12.1 Å². The van der Waals surface area contributed by atoms with Gasteiger partial charge in [0.05, 0.1) is 51.5 Å². The van der Waals surface area contributed by atoms with Gasteiger partial charge in [0.1, 0.15) is 12.0 Å². The first kappa shape index (κ1) is 33.6. The quantitative estimate of drug-likeness (QED) is 0.205. The Hall–Kier alpha value is -4.84. The molecule has 0 saturated carbocycles. The van der Waals surface area contributed by atoms with E-state index < -0.39 is 33.9 Å². The van der Waals surface area contributed by atoms with Crippen LogP contribution in [0.4, 0.5) is 30.5 Å². The highest BCUT2D eigenvalue weighted by molar-refractivity contribution is 7.92. The fourth-order valence-electron chi connectivity index (χ4n) is 5.85. The number of anilines is 3. The molecular formula is C32H27ClF3N9O3S2. The molecular weight excluding hydrogens is 715 g/mol. The number of hydrogen-bond acceptors (Lipinski definition) is 11. The zero-order valence-electron chi connectivity index (χ0n) is 26.1. The molecule has 12 nitrogen and oxygen atoms in total. The maximum absolute atomic E-state index is 14.3. The van der Waals surface area contributed by atoms with Crippen LogP contribution in [0.3, 0.4) is 0 Å². The summed E-state index contributed by atoms with van der Waals surface area (Å²) in [6.45, 7) is 4.27. The Kier molecular flexibility index (Phi) is 8.83. The number of imidazole rings is 1. The minimum Gasteiger partial charge on any atom is -0.368 e. The summed E-state index contributed by atoms with van der Waals surface area (Å²) in [6.07, 6.45) is -0.977. The fraction of sp³-hybridized carbons (Fsp3) is 0.219. The second-order valence-corrected chi connectivity index (χ2v) is 14.7. The van der Waals surface area contributed by atoms with E-state index in [0.29, 0.717) is 16.1 Å². The number of hydrogen-bond donors (Lipinski definition) is 2. The highest BCUT2D eigenvalue weighted by atomic mass is 35.5. The van der Waals surface area contributed by atoms with Gasteiger partial charge in [-0.05, 0) is 42.8 Å². The molecule has 7 rings (SSSR count). The number of halogens is 4. The van der Waals surface area contributed by atoms with E-state index >= 15 is 0 Å². The number of benzene rings is 2. The van der Waals surface area contributed by atoms with Gasteiger partial charge >= 0.3 is 6.18 Å². The highest BCUT2D eigenvalue weighted by Gasteiger charge is 2.33. The number of aromatic nitrogens is 6. The molecule has 2 N–H and O–H groups in total. The molecule has 4 aromatic heterocycles. The van der Waals surface area contributed by atoms with Gasteiger partial charge in [-0.15, -0.1) is 11.3 Å². The van der Waals surface area contributed by atoms with Gasteiger partial charge in [0, 0.05) is 43.4 Å². The summed E-state index contributed by atoms with van der Waals surface area (Å²) in [5, 5.41) is 7.20. The number of fused-ring (bicyclic) bond motifs is 1. The molecule has 5 heterocycles. The van der Waals surface area contributed by atoms with Gasteiger partial charge in [-0.1, -0.05) is 29.8 Å². The summed E-state index contributed by atoms with van der Waals surface area (Å²) < 4.78 is 70.8. The van der Waals surface area contributed by atoms with Crippen molar-refractivity contribution in [3.05, 3.63) is 105 Å². The Morgan fingerprint density at radius 3 is 2.56 bits per heavy atom. The average molecular weight is 742 g/mol. The standard InChI is InChI=1S/C32H27ClF3N9O3S2/c1-19-28(40-17-45(19)50(47,48)27-15-38-18-49-27)23-12-21-14-39-31(41-22-6-7-26(25(33)13-22)43-10-8-37-9-11-43)42-29(21)44(30(23)46)16-20-4-2-3-5-24(20)32(34,35)36/h2-7,12-15,17-18,37H,8-11,16H2,1H3,(H,39,41,42). The summed E-state index contributed by atoms with van der Waals surface area (Å²) >= 11 is 7.55. The van der Waals surface area contributed by atoms with Crippen molar-refractivity contribution in [2.45, 2.75) is 23.9 Å². The van der Waals surface area contributed by atoms with Crippen LogP contribution in [-0.4, -0.2) is 63.1 Å². The van der Waals surface area contributed by atoms with Crippen LogP contribution in [0, 0.1) is 6.92 Å². The number of alkyl halides is 3. The Morgan fingerprint density at radius 2 is 1.84 bits per heavy atom. The Morgan fingerprint density at radius 1 is 1.06 bits per heavy atom. The van der Waals surface area contributed by atoms with Crippen LogP contribution in [0.5, 0.6) is 0 Å². The molecule has 6 aromatic rings. The van der Waals surface area contributed by atoms with E-state index in [0.717, 1.165) is 64.1 Å². The predicted octanol–water partition coefficient (Wildman–Crippen LogP) is 5.53. The third-order valence-electron chi connectivity index (χ3n) is 8.28. The Bertz CT molecular complexity index is 2390. The topological polar surface area (TPSA) is 140 Å². The van der Waals surface area contributed by atoms with Crippen LogP contribution in [-0.2, 0) is 22.7 Å². The van der Waals surface area contributed by atoms with Gasteiger partial charge in [0.15, 0.2) is 4.21 Å². The molecule has 18 heteroatoms. The number of rotatable bonds is 8. The summed E-state index contributed by atoms with van der Waals surface area (Å²) in [5.41, 5.74) is 1.16. The molecule has 1 aliphatic heterocycles. The molecule has 0 spiro atoms. The van der Waals surface area contributed by atoms with Crippen LogP contribution in [0.15, 0.2) is 81.8 Å². The lowest BCUT2D eigenvalue weighted by Crippen LogP contribution is -2.43.